The lowest BCUT2D eigenvalue weighted by molar-refractivity contribution is 0.539. The van der Waals surface area contributed by atoms with Gasteiger partial charge < -0.3 is 0 Å². The number of rotatable bonds is 6. The first-order chi connectivity index (χ1) is 8.33. The van der Waals surface area contributed by atoms with Crippen molar-refractivity contribution in [2.24, 2.45) is 5.92 Å². The predicted molar refractivity (Wildman–Crippen MR) is 76.2 cm³/mol. The fraction of sp³-hybridized carbons (Fsp3) is 0.545. The van der Waals surface area contributed by atoms with Gasteiger partial charge in [0.2, 0.25) is 10.0 Å². The quantitative estimate of drug-likeness (QED) is 0.629. The van der Waals surface area contributed by atoms with Crippen LogP contribution < -0.4 is 4.72 Å². The molecule has 0 atom stereocenters. The third-order valence-electron chi connectivity index (χ3n) is 2.31. The summed E-state index contributed by atoms with van der Waals surface area (Å²) in [4.78, 5) is 3.80. The molecular formula is C11H16BrClN2O2S. The summed E-state index contributed by atoms with van der Waals surface area (Å²) in [6.45, 7) is 4.61. The average molecular weight is 356 g/mol. The molecule has 18 heavy (non-hydrogen) atoms. The first-order valence-electron chi connectivity index (χ1n) is 5.63. The molecule has 0 spiro atoms. The van der Waals surface area contributed by atoms with Gasteiger partial charge in [-0.05, 0) is 40.8 Å². The standard InChI is InChI=1S/C11H16BrClN2O2S/c1-8(2)4-3-5-15-18(16,17)10-6-9(12)7-14-11(10)13/h6-8,15H,3-5H2,1-2H3. The highest BCUT2D eigenvalue weighted by Gasteiger charge is 2.18. The Hall–Kier alpha value is -0.170. The van der Waals surface area contributed by atoms with Crippen molar-refractivity contribution in [1.29, 1.82) is 0 Å². The lowest BCUT2D eigenvalue weighted by Crippen LogP contribution is -2.25. The number of halogens is 2. The van der Waals surface area contributed by atoms with Crippen molar-refractivity contribution in [1.82, 2.24) is 9.71 Å². The zero-order chi connectivity index (χ0) is 13.8. The van der Waals surface area contributed by atoms with Gasteiger partial charge in [0.1, 0.15) is 10.0 Å². The van der Waals surface area contributed by atoms with Gasteiger partial charge in [0.25, 0.3) is 0 Å². The number of nitrogens with zero attached hydrogens (tertiary/aromatic N) is 1. The number of hydrogen-bond acceptors (Lipinski definition) is 3. The van der Waals surface area contributed by atoms with Crippen LogP contribution in [0.1, 0.15) is 26.7 Å². The highest BCUT2D eigenvalue weighted by Crippen LogP contribution is 2.22. The zero-order valence-electron chi connectivity index (χ0n) is 10.3. The number of sulfonamides is 1. The Morgan fingerprint density at radius 2 is 2.17 bits per heavy atom. The van der Waals surface area contributed by atoms with Crippen molar-refractivity contribution < 1.29 is 8.42 Å². The van der Waals surface area contributed by atoms with Gasteiger partial charge in [-0.2, -0.15) is 0 Å². The van der Waals surface area contributed by atoms with E-state index in [0.717, 1.165) is 12.8 Å². The van der Waals surface area contributed by atoms with Crippen LogP contribution in [0.15, 0.2) is 21.6 Å². The number of hydrogen-bond donors (Lipinski definition) is 1. The molecule has 0 aromatic carbocycles. The van der Waals surface area contributed by atoms with E-state index >= 15 is 0 Å². The summed E-state index contributed by atoms with van der Waals surface area (Å²) < 4.78 is 27.1. The highest BCUT2D eigenvalue weighted by molar-refractivity contribution is 9.10. The molecule has 0 saturated heterocycles. The van der Waals surface area contributed by atoms with E-state index in [1.165, 1.54) is 12.3 Å². The Bertz CT molecular complexity index is 506. The predicted octanol–water partition coefficient (Wildman–Crippen LogP) is 3.21. The maximum Gasteiger partial charge on any atom is 0.243 e. The second-order valence-electron chi connectivity index (χ2n) is 4.38. The normalized spacial score (nSPS) is 12.1. The van der Waals surface area contributed by atoms with Crippen LogP contribution in [0.4, 0.5) is 0 Å². The van der Waals surface area contributed by atoms with E-state index in [9.17, 15) is 8.42 Å². The third kappa shape index (κ3) is 4.84. The second kappa shape index (κ2) is 6.84. The minimum atomic E-state index is -3.59. The Morgan fingerprint density at radius 3 is 2.78 bits per heavy atom. The monoisotopic (exact) mass is 354 g/mol. The van der Waals surface area contributed by atoms with Gasteiger partial charge in [-0.25, -0.2) is 18.1 Å². The molecule has 0 radical (unpaired) electrons. The molecule has 0 fully saturated rings. The Kier molecular flexibility index (Phi) is 6.04. The molecule has 102 valence electrons. The minimum Gasteiger partial charge on any atom is -0.242 e. The molecular weight excluding hydrogens is 340 g/mol. The first-order valence-corrected chi connectivity index (χ1v) is 8.29. The second-order valence-corrected chi connectivity index (χ2v) is 7.39. The van der Waals surface area contributed by atoms with Gasteiger partial charge in [-0.3, -0.25) is 0 Å². The van der Waals surface area contributed by atoms with E-state index in [1.807, 2.05) is 0 Å². The van der Waals surface area contributed by atoms with Crippen molar-refractivity contribution >= 4 is 37.6 Å². The van der Waals surface area contributed by atoms with Crippen LogP contribution in [-0.2, 0) is 10.0 Å². The van der Waals surface area contributed by atoms with Crippen molar-refractivity contribution in [2.45, 2.75) is 31.6 Å². The third-order valence-corrected chi connectivity index (χ3v) is 4.63. The summed E-state index contributed by atoms with van der Waals surface area (Å²) in [5.74, 6) is 0.561. The molecule has 0 unspecified atom stereocenters. The molecule has 7 heteroatoms. The van der Waals surface area contributed by atoms with Crippen LogP contribution in [0, 0.1) is 5.92 Å². The van der Waals surface area contributed by atoms with Crippen LogP contribution in [0.2, 0.25) is 5.15 Å². The van der Waals surface area contributed by atoms with E-state index in [0.29, 0.717) is 16.9 Å². The first kappa shape index (κ1) is 15.9. The lowest BCUT2D eigenvalue weighted by atomic mass is 10.1. The summed E-state index contributed by atoms with van der Waals surface area (Å²) >= 11 is 8.97. The van der Waals surface area contributed by atoms with Crippen molar-refractivity contribution in [3.05, 3.63) is 21.9 Å². The minimum absolute atomic E-state index is 0.00286. The Labute approximate surface area is 121 Å². The SMILES string of the molecule is CC(C)CCCNS(=O)(=O)c1cc(Br)cnc1Cl. The number of aromatic nitrogens is 1. The molecule has 4 nitrogen and oxygen atoms in total. The summed E-state index contributed by atoms with van der Waals surface area (Å²) in [7, 11) is -3.59. The van der Waals surface area contributed by atoms with Crippen LogP contribution in [-0.4, -0.2) is 19.9 Å². The molecule has 1 aromatic heterocycles. The summed E-state index contributed by atoms with van der Waals surface area (Å²) in [5.41, 5.74) is 0. The molecule has 0 bridgehead atoms. The van der Waals surface area contributed by atoms with Crippen LogP contribution >= 0.6 is 27.5 Å². The van der Waals surface area contributed by atoms with Gasteiger partial charge in [-0.15, -0.1) is 0 Å². The van der Waals surface area contributed by atoms with E-state index < -0.39 is 10.0 Å². The fourth-order valence-corrected chi connectivity index (χ4v) is 3.40. The smallest absolute Gasteiger partial charge is 0.242 e. The maximum absolute atomic E-state index is 12.0. The Balaban J connectivity index is 2.71. The summed E-state index contributed by atoms with van der Waals surface area (Å²) in [6, 6.07) is 1.44. The molecule has 0 aliphatic heterocycles. The van der Waals surface area contributed by atoms with Gasteiger partial charge in [-0.1, -0.05) is 25.4 Å². The molecule has 0 saturated carbocycles. The molecule has 1 N–H and O–H groups in total. The van der Waals surface area contributed by atoms with Crippen LogP contribution in [0.5, 0.6) is 0 Å². The number of pyridine rings is 1. The van der Waals surface area contributed by atoms with Crippen molar-refractivity contribution in [2.75, 3.05) is 6.54 Å². The zero-order valence-corrected chi connectivity index (χ0v) is 13.4. The molecule has 0 amide bonds. The molecule has 0 aliphatic carbocycles. The highest BCUT2D eigenvalue weighted by atomic mass is 79.9. The van der Waals surface area contributed by atoms with Crippen LogP contribution in [0.3, 0.4) is 0 Å². The summed E-state index contributed by atoms with van der Waals surface area (Å²) in [5, 5.41) is -0.0189. The largest absolute Gasteiger partial charge is 0.243 e. The summed E-state index contributed by atoms with van der Waals surface area (Å²) in [6.07, 6.45) is 3.24. The topological polar surface area (TPSA) is 59.1 Å². The number of nitrogens with one attached hydrogen (secondary N) is 1. The van der Waals surface area contributed by atoms with E-state index in [-0.39, 0.29) is 10.0 Å². The van der Waals surface area contributed by atoms with Crippen molar-refractivity contribution in [3.8, 4) is 0 Å². The van der Waals surface area contributed by atoms with Gasteiger partial charge in [0.15, 0.2) is 0 Å². The van der Waals surface area contributed by atoms with E-state index in [4.69, 9.17) is 11.6 Å². The van der Waals surface area contributed by atoms with Crippen molar-refractivity contribution in [3.63, 3.8) is 0 Å². The Morgan fingerprint density at radius 1 is 1.50 bits per heavy atom. The lowest BCUT2D eigenvalue weighted by Gasteiger charge is -2.09. The fourth-order valence-electron chi connectivity index (χ4n) is 1.39. The average Bonchev–Trinajstić information content (AvgIpc) is 2.27. The molecule has 0 aliphatic rings. The van der Waals surface area contributed by atoms with Gasteiger partial charge in [0, 0.05) is 17.2 Å². The molecule has 1 rings (SSSR count). The molecule has 1 aromatic rings. The van der Waals surface area contributed by atoms with Crippen LogP contribution in [0.25, 0.3) is 0 Å². The molecule has 1 heterocycles. The van der Waals surface area contributed by atoms with Gasteiger partial charge >= 0.3 is 0 Å². The maximum atomic E-state index is 12.0. The van der Waals surface area contributed by atoms with E-state index in [1.54, 1.807) is 0 Å². The van der Waals surface area contributed by atoms with E-state index in [2.05, 4.69) is 39.5 Å². The van der Waals surface area contributed by atoms with Gasteiger partial charge in [0.05, 0.1) is 0 Å².